The first-order valence-electron chi connectivity index (χ1n) is 26.6. The topological polar surface area (TPSA) is 185 Å². The van der Waals surface area contributed by atoms with E-state index in [-0.39, 0.29) is 13.2 Å². The molecule has 6 aromatic rings. The average Bonchev–Trinajstić information content (AvgIpc) is 3.50. The Hall–Kier alpha value is -8.04. The third-order valence-corrected chi connectivity index (χ3v) is 14.2. The first-order valence-corrected chi connectivity index (χ1v) is 26.6. The van der Waals surface area contributed by atoms with Crippen molar-refractivity contribution in [1.29, 1.82) is 0 Å². The van der Waals surface area contributed by atoms with E-state index < -0.39 is 11.9 Å². The number of esters is 2. The number of anilines is 12. The summed E-state index contributed by atoms with van der Waals surface area (Å²) in [4.78, 5) is 58.0. The fraction of sp³-hybridized carbons (Fsp3) is 0.379. The maximum Gasteiger partial charge on any atom is 0.331 e. The van der Waals surface area contributed by atoms with E-state index in [2.05, 4.69) is 76.6 Å². The second-order valence-electron chi connectivity index (χ2n) is 19.5. The van der Waals surface area contributed by atoms with Crippen molar-refractivity contribution in [2.45, 2.75) is 27.1 Å². The number of aryl methyl sites for hydroxylation is 2. The van der Waals surface area contributed by atoms with Crippen molar-refractivity contribution in [3.63, 3.8) is 0 Å². The minimum Gasteiger partial charge on any atom is -0.458 e. The van der Waals surface area contributed by atoms with Crippen molar-refractivity contribution in [3.05, 3.63) is 132 Å². The lowest BCUT2D eigenvalue weighted by atomic mass is 10.1. The number of nitrogens with zero attached hydrogens (tertiary/aromatic N) is 10. The van der Waals surface area contributed by atoms with Crippen molar-refractivity contribution in [1.82, 2.24) is 19.9 Å². The Morgan fingerprint density at radius 1 is 0.500 bits per heavy atom. The van der Waals surface area contributed by atoms with Gasteiger partial charge in [0.2, 0.25) is 11.9 Å². The fourth-order valence-electron chi connectivity index (χ4n) is 9.80. The highest BCUT2D eigenvalue weighted by molar-refractivity contribution is 5.91. The van der Waals surface area contributed by atoms with Crippen molar-refractivity contribution in [2.75, 3.05) is 159 Å². The molecule has 10 rings (SSSR count). The van der Waals surface area contributed by atoms with Crippen molar-refractivity contribution < 1.29 is 38.0 Å². The van der Waals surface area contributed by atoms with Crippen molar-refractivity contribution >= 4 is 81.0 Å². The number of rotatable bonds is 18. The summed E-state index contributed by atoms with van der Waals surface area (Å²) in [7, 11) is 3.87. The van der Waals surface area contributed by atoms with Gasteiger partial charge in [-0.25, -0.2) is 19.6 Å². The second kappa shape index (κ2) is 25.4. The highest BCUT2D eigenvalue weighted by Crippen LogP contribution is 2.34. The Bertz CT molecular complexity index is 2790. The van der Waals surface area contributed by atoms with Gasteiger partial charge in [-0.3, -0.25) is 0 Å². The molecule has 0 aliphatic carbocycles. The first-order chi connectivity index (χ1) is 38.1. The lowest BCUT2D eigenvalue weighted by molar-refractivity contribution is -0.141. The van der Waals surface area contributed by atoms with Crippen molar-refractivity contribution in [2.24, 2.45) is 0 Å². The zero-order valence-corrected chi connectivity index (χ0v) is 44.9. The van der Waals surface area contributed by atoms with Gasteiger partial charge in [-0.2, -0.15) is 9.97 Å². The van der Waals surface area contributed by atoms with Crippen LogP contribution in [0.5, 0.6) is 0 Å². The molecule has 20 nitrogen and oxygen atoms in total. The quantitative estimate of drug-likeness (QED) is 0.0633. The van der Waals surface area contributed by atoms with Gasteiger partial charge in [0.25, 0.3) is 0 Å². The molecule has 0 saturated carbocycles. The summed E-state index contributed by atoms with van der Waals surface area (Å²) >= 11 is 0. The molecule has 4 saturated heterocycles. The molecule has 6 heterocycles. The van der Waals surface area contributed by atoms with Crippen LogP contribution < -0.4 is 40.0 Å². The van der Waals surface area contributed by atoms with Crippen LogP contribution in [0, 0.1) is 13.8 Å². The average molecular weight is 1060 g/mol. The summed E-state index contributed by atoms with van der Waals surface area (Å²) in [6, 6.07) is 28.4. The van der Waals surface area contributed by atoms with Gasteiger partial charge in [0, 0.05) is 136 Å². The molecule has 0 bridgehead atoms. The van der Waals surface area contributed by atoms with E-state index in [0.29, 0.717) is 76.4 Å². The molecule has 4 aliphatic heterocycles. The Morgan fingerprint density at radius 3 is 1.17 bits per heavy atom. The number of morpholine rings is 4. The molecular formula is C58H68N12O8. The molecule has 0 unspecified atom stereocenters. The van der Waals surface area contributed by atoms with Crippen LogP contribution in [0.3, 0.4) is 0 Å². The maximum absolute atomic E-state index is 12.9. The number of nitrogens with one attached hydrogen (secondary N) is 2. The number of carbonyl (C=O) groups excluding carboxylic acids is 2. The predicted molar refractivity (Wildman–Crippen MR) is 303 cm³/mol. The first kappa shape index (κ1) is 53.4. The molecule has 0 amide bonds. The highest BCUT2D eigenvalue weighted by Gasteiger charge is 2.21. The molecule has 2 aromatic heterocycles. The van der Waals surface area contributed by atoms with E-state index in [4.69, 9.17) is 38.4 Å². The van der Waals surface area contributed by atoms with Crippen LogP contribution in [0.25, 0.3) is 0 Å². The van der Waals surface area contributed by atoms with E-state index in [1.165, 1.54) is 0 Å². The van der Waals surface area contributed by atoms with E-state index in [1.54, 1.807) is 12.4 Å². The molecular weight excluding hydrogens is 993 g/mol. The number of benzene rings is 4. The van der Waals surface area contributed by atoms with E-state index in [9.17, 15) is 9.59 Å². The molecule has 0 atom stereocenters. The summed E-state index contributed by atoms with van der Waals surface area (Å²) in [6.45, 7) is 16.1. The number of hydrogen-bond acceptors (Lipinski definition) is 20. The van der Waals surface area contributed by atoms with Crippen LogP contribution in [0.4, 0.5) is 69.0 Å². The van der Waals surface area contributed by atoms with E-state index in [1.807, 2.05) is 86.3 Å². The SMILES string of the molecule is Cc1ccc(COC(=O)/C=C/C(=O)OCc2ccc(C)c(N(C)c3ccnc(Nc4cc(N5CCOCC5)cc(N5CCOCC5)c4)n3)c2)cc1N(C)c1ccnc(Nc2cc(N3CCOCC3)cc(N3CCOCC3)c2)n1. The smallest absolute Gasteiger partial charge is 0.331 e. The molecule has 4 fully saturated rings. The number of aromatic nitrogens is 4. The third kappa shape index (κ3) is 13.7. The minimum atomic E-state index is -0.677. The molecule has 20 heteroatoms. The summed E-state index contributed by atoms with van der Waals surface area (Å²) < 4.78 is 33.7. The van der Waals surface area contributed by atoms with Gasteiger partial charge in [0.15, 0.2) is 0 Å². The van der Waals surface area contributed by atoms with Gasteiger partial charge in [0.1, 0.15) is 24.8 Å². The van der Waals surface area contributed by atoms with Crippen LogP contribution in [-0.4, -0.2) is 151 Å². The Labute approximate surface area is 455 Å². The maximum atomic E-state index is 12.9. The highest BCUT2D eigenvalue weighted by atomic mass is 16.5. The Balaban J connectivity index is 0.729. The van der Waals surface area contributed by atoms with Gasteiger partial charge in [-0.05, 0) is 96.8 Å². The standard InChI is InChI=1S/C58H68N12O8/c1-41-5-7-43(31-51(41)65(3)53-11-13-59-57(63-53)61-45-33-47(67-15-23-73-24-16-67)37-48(34-45)68-17-25-74-26-18-68)39-77-55(71)9-10-56(72)78-40-44-8-6-42(2)52(32-44)66(4)54-12-14-60-58(64-54)62-46-35-49(69-19-27-75-28-20-69)38-50(36-46)70-21-29-76-30-22-70/h5-14,31-38H,15-30,39-40H2,1-4H3,(H,59,61,63)(H,60,62,64)/b10-9+. The van der Waals surface area contributed by atoms with E-state index in [0.717, 1.165) is 132 Å². The molecule has 0 radical (unpaired) electrons. The minimum absolute atomic E-state index is 0.0115. The second-order valence-corrected chi connectivity index (χ2v) is 19.5. The molecule has 4 aliphatic rings. The van der Waals surface area contributed by atoms with Crippen LogP contribution in [0.1, 0.15) is 22.3 Å². The van der Waals surface area contributed by atoms with Gasteiger partial charge in [-0.1, -0.05) is 24.3 Å². The van der Waals surface area contributed by atoms with Gasteiger partial charge >= 0.3 is 11.9 Å². The molecule has 2 N–H and O–H groups in total. The van der Waals surface area contributed by atoms with E-state index >= 15 is 0 Å². The normalized spacial score (nSPS) is 16.0. The number of ether oxygens (including phenoxy) is 6. The van der Waals surface area contributed by atoms with Crippen LogP contribution in [0.2, 0.25) is 0 Å². The zero-order valence-electron chi connectivity index (χ0n) is 44.9. The largest absolute Gasteiger partial charge is 0.458 e. The van der Waals surface area contributed by atoms with Gasteiger partial charge < -0.3 is 68.5 Å². The fourth-order valence-corrected chi connectivity index (χ4v) is 9.80. The third-order valence-electron chi connectivity index (χ3n) is 14.2. The van der Waals surface area contributed by atoms with Gasteiger partial charge in [0.05, 0.1) is 52.9 Å². The van der Waals surface area contributed by atoms with Crippen LogP contribution in [0.15, 0.2) is 109 Å². The number of hydrogen-bond donors (Lipinski definition) is 2. The number of carbonyl (C=O) groups is 2. The molecule has 0 spiro atoms. The summed E-state index contributed by atoms with van der Waals surface area (Å²) in [5.41, 5.74) is 11.5. The van der Waals surface area contributed by atoms with Gasteiger partial charge in [-0.15, -0.1) is 0 Å². The lowest BCUT2D eigenvalue weighted by Crippen LogP contribution is -2.38. The lowest BCUT2D eigenvalue weighted by Gasteiger charge is -2.33. The van der Waals surface area contributed by atoms with Crippen LogP contribution in [-0.2, 0) is 51.2 Å². The van der Waals surface area contributed by atoms with Crippen molar-refractivity contribution in [3.8, 4) is 0 Å². The summed E-state index contributed by atoms with van der Waals surface area (Å²) in [5.74, 6) is 0.904. The molecule has 408 valence electrons. The predicted octanol–water partition coefficient (Wildman–Crippen LogP) is 7.60. The summed E-state index contributed by atoms with van der Waals surface area (Å²) in [5, 5.41) is 6.93. The zero-order chi connectivity index (χ0) is 53.8. The molecule has 4 aromatic carbocycles. The Kier molecular flexibility index (Phi) is 17.4. The van der Waals surface area contributed by atoms with Crippen LogP contribution >= 0.6 is 0 Å². The monoisotopic (exact) mass is 1060 g/mol. The summed E-state index contributed by atoms with van der Waals surface area (Å²) in [6.07, 6.45) is 5.62. The molecule has 78 heavy (non-hydrogen) atoms. The Morgan fingerprint density at radius 2 is 0.833 bits per heavy atom.